The van der Waals surface area contributed by atoms with Gasteiger partial charge in [-0.15, -0.1) is 0 Å². The van der Waals surface area contributed by atoms with Gasteiger partial charge in [0, 0.05) is 36.6 Å². The zero-order valence-electron chi connectivity index (χ0n) is 20.6. The zero-order valence-corrected chi connectivity index (χ0v) is 20.6. The number of fused-ring (bicyclic) bond motifs is 1. The number of hydrogen-bond donors (Lipinski definition) is 1. The first-order valence-corrected chi connectivity index (χ1v) is 11.8. The van der Waals surface area contributed by atoms with Crippen LogP contribution in [0.2, 0.25) is 0 Å². The Hall–Kier alpha value is -4.22. The number of nitrogens with zero attached hydrogens (tertiary/aromatic N) is 4. The maximum atomic E-state index is 14.9. The number of halogens is 4. The van der Waals surface area contributed by atoms with Gasteiger partial charge in [0.05, 0.1) is 22.4 Å². The maximum absolute atomic E-state index is 14.9. The molecular formula is C26H23F4N5O3. The predicted molar refractivity (Wildman–Crippen MR) is 133 cm³/mol. The summed E-state index contributed by atoms with van der Waals surface area (Å²) in [6.45, 7) is 3.32. The van der Waals surface area contributed by atoms with Gasteiger partial charge in [0.2, 0.25) is 0 Å². The standard InChI is InChI=1S/C26H23F4N5O3/c1-14(15-7-6-8-17(20(15)27)26(28,29)30)31-22-16-13-35(25(2)10-11-25)24(38)21(19(16)23(37)33(3)32-22)34-12-5-4-9-18(34)36/h4-9,12-14H,10-11H2,1-3H3,(H,31,32)/t14-/m1/s1. The number of rotatable bonds is 5. The lowest BCUT2D eigenvalue weighted by Crippen LogP contribution is -2.36. The molecule has 8 nitrogen and oxygen atoms in total. The predicted octanol–water partition coefficient (Wildman–Crippen LogP) is 4.09. The molecule has 3 aromatic heterocycles. The lowest BCUT2D eigenvalue weighted by Gasteiger charge is -2.22. The summed E-state index contributed by atoms with van der Waals surface area (Å²) < 4.78 is 58.2. The first-order chi connectivity index (χ1) is 17.8. The van der Waals surface area contributed by atoms with Crippen LogP contribution in [0.5, 0.6) is 0 Å². The molecule has 1 aliphatic carbocycles. The van der Waals surface area contributed by atoms with E-state index in [1.165, 1.54) is 49.1 Å². The summed E-state index contributed by atoms with van der Waals surface area (Å²) in [5.41, 5.74) is -4.09. The molecule has 5 rings (SSSR count). The molecule has 1 aliphatic rings. The van der Waals surface area contributed by atoms with Crippen LogP contribution >= 0.6 is 0 Å². The Kier molecular flexibility index (Phi) is 5.80. The number of anilines is 1. The zero-order chi connectivity index (χ0) is 27.6. The molecule has 1 atom stereocenters. The van der Waals surface area contributed by atoms with Crippen LogP contribution in [0.1, 0.15) is 43.9 Å². The van der Waals surface area contributed by atoms with Gasteiger partial charge < -0.3 is 9.88 Å². The number of pyridine rings is 2. The van der Waals surface area contributed by atoms with Gasteiger partial charge >= 0.3 is 6.18 Å². The van der Waals surface area contributed by atoms with E-state index in [9.17, 15) is 31.9 Å². The Labute approximate surface area is 212 Å². The highest BCUT2D eigenvalue weighted by Gasteiger charge is 2.41. The first kappa shape index (κ1) is 25.4. The van der Waals surface area contributed by atoms with Gasteiger partial charge in [-0.1, -0.05) is 18.2 Å². The lowest BCUT2D eigenvalue weighted by molar-refractivity contribution is -0.140. The highest BCUT2D eigenvalue weighted by atomic mass is 19.4. The average molecular weight is 529 g/mol. The summed E-state index contributed by atoms with van der Waals surface area (Å²) in [5.74, 6) is -1.39. The highest BCUT2D eigenvalue weighted by Crippen LogP contribution is 2.43. The topological polar surface area (TPSA) is 90.9 Å². The van der Waals surface area contributed by atoms with Crippen molar-refractivity contribution in [3.8, 4) is 5.69 Å². The Morgan fingerprint density at radius 2 is 1.76 bits per heavy atom. The summed E-state index contributed by atoms with van der Waals surface area (Å²) in [6.07, 6.45) is -0.655. The van der Waals surface area contributed by atoms with E-state index < -0.39 is 45.8 Å². The largest absolute Gasteiger partial charge is 0.419 e. The Morgan fingerprint density at radius 1 is 1.05 bits per heavy atom. The fourth-order valence-electron chi connectivity index (χ4n) is 4.56. The Morgan fingerprint density at radius 3 is 2.39 bits per heavy atom. The molecule has 1 fully saturated rings. The molecule has 198 valence electrons. The average Bonchev–Trinajstić information content (AvgIpc) is 3.60. The molecule has 1 aromatic carbocycles. The summed E-state index contributed by atoms with van der Waals surface area (Å²) in [4.78, 5) is 39.7. The third-order valence-electron chi connectivity index (χ3n) is 6.97. The van der Waals surface area contributed by atoms with Crippen molar-refractivity contribution in [3.63, 3.8) is 0 Å². The van der Waals surface area contributed by atoms with Crippen LogP contribution in [0.3, 0.4) is 0 Å². The second-order valence-electron chi connectivity index (χ2n) is 9.70. The summed E-state index contributed by atoms with van der Waals surface area (Å²) in [5, 5.41) is 7.24. The van der Waals surface area contributed by atoms with E-state index in [1.54, 1.807) is 6.07 Å². The minimum Gasteiger partial charge on any atom is -0.361 e. The molecule has 0 saturated heterocycles. The fraction of sp³-hybridized carbons (Fsp3) is 0.308. The molecule has 0 aliphatic heterocycles. The Bertz CT molecular complexity index is 1770. The number of aromatic nitrogens is 4. The van der Waals surface area contributed by atoms with Gasteiger partial charge in [0.15, 0.2) is 5.82 Å². The quantitative estimate of drug-likeness (QED) is 0.394. The molecule has 1 saturated carbocycles. The van der Waals surface area contributed by atoms with Gasteiger partial charge in [-0.3, -0.25) is 19.0 Å². The maximum Gasteiger partial charge on any atom is 0.419 e. The minimum atomic E-state index is -4.88. The monoisotopic (exact) mass is 529 g/mol. The van der Waals surface area contributed by atoms with E-state index in [0.29, 0.717) is 18.9 Å². The highest BCUT2D eigenvalue weighted by molar-refractivity contribution is 5.96. The molecule has 0 amide bonds. The van der Waals surface area contributed by atoms with Crippen LogP contribution in [0.15, 0.2) is 63.2 Å². The van der Waals surface area contributed by atoms with Crippen LogP contribution in [0.25, 0.3) is 16.5 Å². The van der Waals surface area contributed by atoms with Crippen LogP contribution in [0.4, 0.5) is 23.4 Å². The van der Waals surface area contributed by atoms with E-state index in [4.69, 9.17) is 0 Å². The van der Waals surface area contributed by atoms with Crippen LogP contribution in [0, 0.1) is 5.82 Å². The van der Waals surface area contributed by atoms with Gasteiger partial charge in [-0.2, -0.15) is 18.3 Å². The van der Waals surface area contributed by atoms with Crippen LogP contribution < -0.4 is 22.0 Å². The van der Waals surface area contributed by atoms with Gasteiger partial charge in [0.1, 0.15) is 11.5 Å². The van der Waals surface area contributed by atoms with Crippen molar-refractivity contribution in [3.05, 3.63) is 96.8 Å². The third-order valence-corrected chi connectivity index (χ3v) is 6.97. The number of nitrogens with one attached hydrogen (secondary N) is 1. The number of alkyl halides is 3. The van der Waals surface area contributed by atoms with Gasteiger partial charge in [0.25, 0.3) is 16.7 Å². The van der Waals surface area contributed by atoms with Gasteiger partial charge in [-0.25, -0.2) is 9.07 Å². The van der Waals surface area contributed by atoms with Crippen molar-refractivity contribution in [1.82, 2.24) is 18.9 Å². The van der Waals surface area contributed by atoms with Crippen molar-refractivity contribution in [1.29, 1.82) is 0 Å². The molecule has 0 spiro atoms. The van der Waals surface area contributed by atoms with Crippen molar-refractivity contribution in [2.75, 3.05) is 5.32 Å². The lowest BCUT2D eigenvalue weighted by atomic mass is 10.0. The molecular weight excluding hydrogens is 506 g/mol. The molecule has 1 N–H and O–H groups in total. The van der Waals surface area contributed by atoms with E-state index in [2.05, 4.69) is 10.4 Å². The van der Waals surface area contributed by atoms with E-state index in [-0.39, 0.29) is 27.8 Å². The smallest absolute Gasteiger partial charge is 0.361 e. The van der Waals surface area contributed by atoms with Gasteiger partial charge in [-0.05, 0) is 38.8 Å². The molecule has 38 heavy (non-hydrogen) atoms. The van der Waals surface area contributed by atoms with Crippen LogP contribution in [-0.2, 0) is 18.8 Å². The van der Waals surface area contributed by atoms with Crippen molar-refractivity contribution >= 4 is 16.6 Å². The number of hydrogen-bond acceptors (Lipinski definition) is 5. The second kappa shape index (κ2) is 8.67. The number of aryl methyl sites for hydroxylation is 1. The minimum absolute atomic E-state index is 0.0367. The van der Waals surface area contributed by atoms with E-state index in [1.807, 2.05) is 6.92 Å². The van der Waals surface area contributed by atoms with Crippen molar-refractivity contribution in [2.24, 2.45) is 7.05 Å². The molecule has 0 radical (unpaired) electrons. The molecule has 0 bridgehead atoms. The summed E-state index contributed by atoms with van der Waals surface area (Å²) in [7, 11) is 1.34. The van der Waals surface area contributed by atoms with Crippen molar-refractivity contribution in [2.45, 2.75) is 44.4 Å². The summed E-state index contributed by atoms with van der Waals surface area (Å²) >= 11 is 0. The van der Waals surface area contributed by atoms with E-state index >= 15 is 0 Å². The van der Waals surface area contributed by atoms with E-state index in [0.717, 1.165) is 15.3 Å². The third kappa shape index (κ3) is 4.09. The van der Waals surface area contributed by atoms with Crippen molar-refractivity contribution < 1.29 is 17.6 Å². The molecule has 0 unspecified atom stereocenters. The SMILES string of the molecule is C[C@@H](Nc1nn(C)c(=O)c2c(-n3ccccc3=O)c(=O)n(C3(C)CC3)cc12)c1cccc(C(F)(F)F)c1F. The molecule has 4 aromatic rings. The molecule has 3 heterocycles. The molecule has 12 heteroatoms. The van der Waals surface area contributed by atoms with Crippen LogP contribution in [-0.4, -0.2) is 18.9 Å². The number of benzene rings is 1. The first-order valence-electron chi connectivity index (χ1n) is 11.8. The normalized spacial score (nSPS) is 15.4. The Balaban J connectivity index is 1.77. The summed E-state index contributed by atoms with van der Waals surface area (Å²) in [6, 6.07) is 6.29. The fourth-order valence-corrected chi connectivity index (χ4v) is 4.56. The second-order valence-corrected chi connectivity index (χ2v) is 9.70.